The van der Waals surface area contributed by atoms with E-state index in [1.807, 2.05) is 30.3 Å². The molecule has 148 valence electrons. The van der Waals surface area contributed by atoms with Crippen LogP contribution in [0.4, 0.5) is 0 Å². The number of ether oxygens (including phenoxy) is 2. The number of hydrogen-bond donors (Lipinski definition) is 3. The molecule has 2 aromatic rings. The van der Waals surface area contributed by atoms with Crippen molar-refractivity contribution in [1.82, 2.24) is 16.2 Å². The minimum atomic E-state index is -0.418. The van der Waals surface area contributed by atoms with Crippen LogP contribution in [0.1, 0.15) is 15.9 Å². The van der Waals surface area contributed by atoms with Crippen molar-refractivity contribution in [2.24, 2.45) is 0 Å². The second-order valence-electron chi connectivity index (χ2n) is 5.61. The smallest absolute Gasteiger partial charge is 0.257 e. The van der Waals surface area contributed by atoms with Crippen LogP contribution < -0.4 is 20.9 Å². The van der Waals surface area contributed by atoms with Gasteiger partial charge in [-0.25, -0.2) is 0 Å². The fourth-order valence-corrected chi connectivity index (χ4v) is 2.79. The first-order valence-electron chi connectivity index (χ1n) is 8.35. The third-order valence-corrected chi connectivity index (χ3v) is 4.31. The fraction of sp³-hybridized carbons (Fsp3) is 0.211. The molecule has 0 aromatic heterocycles. The normalized spacial score (nSPS) is 10.1. The molecular weight excluding hydrogens is 446 g/mol. The molecule has 2 rings (SSSR count). The molecule has 7 nitrogen and oxygen atoms in total. The molecule has 0 atom stereocenters. The van der Waals surface area contributed by atoms with Crippen molar-refractivity contribution in [3.63, 3.8) is 0 Å². The van der Waals surface area contributed by atoms with Crippen LogP contribution in [0.15, 0.2) is 53.0 Å². The summed E-state index contributed by atoms with van der Waals surface area (Å²) in [6.45, 7) is 0.863. The molecule has 2 amide bonds. The summed E-state index contributed by atoms with van der Waals surface area (Å²) in [5, 5.41) is 2.49. The number of methoxy groups -OCH3 is 1. The number of amides is 2. The lowest BCUT2D eigenvalue weighted by Gasteiger charge is -2.12. The number of hydrogen-bond acceptors (Lipinski definition) is 5. The molecule has 0 saturated carbocycles. The minimum absolute atomic E-state index is 0.0112. The van der Waals surface area contributed by atoms with Gasteiger partial charge in [0, 0.05) is 12.7 Å². The number of rotatable bonds is 7. The van der Waals surface area contributed by atoms with Crippen molar-refractivity contribution in [2.75, 3.05) is 20.3 Å². The highest BCUT2D eigenvalue weighted by Gasteiger charge is 2.11. The number of carbonyl (C=O) groups is 2. The van der Waals surface area contributed by atoms with Crippen molar-refractivity contribution in [1.29, 1.82) is 0 Å². The molecule has 0 aliphatic heterocycles. The minimum Gasteiger partial charge on any atom is -0.490 e. The number of hydrazine groups is 1. The molecule has 0 unspecified atom stereocenters. The Bertz CT molecular complexity index is 833. The maximum absolute atomic E-state index is 12.3. The molecule has 0 spiro atoms. The average Bonchev–Trinajstić information content (AvgIpc) is 2.68. The maximum Gasteiger partial charge on any atom is 0.257 e. The van der Waals surface area contributed by atoms with Gasteiger partial charge in [-0.1, -0.05) is 30.3 Å². The first-order chi connectivity index (χ1) is 13.5. The molecule has 0 aliphatic carbocycles. The lowest BCUT2D eigenvalue weighted by Crippen LogP contribution is -2.48. The molecule has 9 heteroatoms. The first kappa shape index (κ1) is 21.8. The highest BCUT2D eigenvalue weighted by molar-refractivity contribution is 9.10. The van der Waals surface area contributed by atoms with E-state index in [4.69, 9.17) is 21.7 Å². The van der Waals surface area contributed by atoms with Crippen molar-refractivity contribution in [3.8, 4) is 5.75 Å². The average molecular weight is 466 g/mol. The van der Waals surface area contributed by atoms with E-state index in [0.717, 1.165) is 5.56 Å². The van der Waals surface area contributed by atoms with Crippen LogP contribution in [-0.2, 0) is 16.0 Å². The molecule has 3 N–H and O–H groups in total. The van der Waals surface area contributed by atoms with Crippen LogP contribution in [0.25, 0.3) is 0 Å². The largest absolute Gasteiger partial charge is 0.490 e. The van der Waals surface area contributed by atoms with E-state index in [1.165, 1.54) is 0 Å². The van der Waals surface area contributed by atoms with Crippen molar-refractivity contribution in [2.45, 2.75) is 6.42 Å². The van der Waals surface area contributed by atoms with Crippen molar-refractivity contribution < 1.29 is 19.1 Å². The summed E-state index contributed by atoms with van der Waals surface area (Å²) < 4.78 is 11.1. The van der Waals surface area contributed by atoms with Gasteiger partial charge in [-0.3, -0.25) is 25.8 Å². The number of benzene rings is 2. The molecule has 0 saturated heterocycles. The molecule has 0 heterocycles. The Morgan fingerprint density at radius 3 is 2.50 bits per heavy atom. The van der Waals surface area contributed by atoms with E-state index in [9.17, 15) is 9.59 Å². The monoisotopic (exact) mass is 465 g/mol. The van der Waals surface area contributed by atoms with E-state index in [0.29, 0.717) is 29.0 Å². The van der Waals surface area contributed by atoms with Gasteiger partial charge in [0.05, 0.1) is 17.5 Å². The highest BCUT2D eigenvalue weighted by atomic mass is 79.9. The van der Waals surface area contributed by atoms with E-state index in [1.54, 1.807) is 25.3 Å². The summed E-state index contributed by atoms with van der Waals surface area (Å²) in [5.41, 5.74) is 6.21. The van der Waals surface area contributed by atoms with E-state index < -0.39 is 5.91 Å². The van der Waals surface area contributed by atoms with Crippen LogP contribution in [-0.4, -0.2) is 37.3 Å². The highest BCUT2D eigenvalue weighted by Crippen LogP contribution is 2.26. The summed E-state index contributed by atoms with van der Waals surface area (Å²) in [4.78, 5) is 24.2. The number of nitrogens with one attached hydrogen (secondary N) is 3. The Morgan fingerprint density at radius 2 is 1.82 bits per heavy atom. The van der Waals surface area contributed by atoms with Gasteiger partial charge in [-0.2, -0.15) is 0 Å². The Kier molecular flexibility index (Phi) is 8.86. The van der Waals surface area contributed by atoms with Gasteiger partial charge in [0.15, 0.2) is 5.11 Å². The summed E-state index contributed by atoms with van der Waals surface area (Å²) >= 11 is 8.40. The zero-order valence-electron chi connectivity index (χ0n) is 15.2. The van der Waals surface area contributed by atoms with Crippen LogP contribution in [0.2, 0.25) is 0 Å². The Labute approximate surface area is 176 Å². The standard InChI is InChI=1S/C19H20BrN3O4S/c1-26-9-10-27-16-8-7-14(12-15(16)20)18(25)21-19(28)23-22-17(24)11-13-5-3-2-4-6-13/h2-8,12H,9-11H2,1H3,(H,22,24)(H2,21,23,25,28). The molecule has 2 aromatic carbocycles. The van der Waals surface area contributed by atoms with E-state index >= 15 is 0 Å². The third kappa shape index (κ3) is 7.26. The third-order valence-electron chi connectivity index (χ3n) is 3.49. The Balaban J connectivity index is 1.80. The second kappa shape index (κ2) is 11.4. The Morgan fingerprint density at radius 1 is 1.07 bits per heavy atom. The zero-order valence-corrected chi connectivity index (χ0v) is 17.6. The van der Waals surface area contributed by atoms with Gasteiger partial charge in [0.25, 0.3) is 5.91 Å². The van der Waals surface area contributed by atoms with Crippen LogP contribution >= 0.6 is 28.1 Å². The van der Waals surface area contributed by atoms with Gasteiger partial charge in [0.1, 0.15) is 12.4 Å². The zero-order chi connectivity index (χ0) is 20.4. The summed E-state index contributed by atoms with van der Waals surface area (Å²) in [6.07, 6.45) is 0.196. The summed E-state index contributed by atoms with van der Waals surface area (Å²) in [7, 11) is 1.59. The predicted octanol–water partition coefficient (Wildman–Crippen LogP) is 2.35. The molecular formula is C19H20BrN3O4S. The van der Waals surface area contributed by atoms with Crippen molar-refractivity contribution >= 4 is 45.1 Å². The first-order valence-corrected chi connectivity index (χ1v) is 9.55. The van der Waals surface area contributed by atoms with E-state index in [-0.39, 0.29) is 17.4 Å². The summed E-state index contributed by atoms with van der Waals surface area (Å²) in [5.74, 6) is -0.0930. The molecule has 0 aliphatic rings. The van der Waals surface area contributed by atoms with Crippen LogP contribution in [0, 0.1) is 0 Å². The molecule has 0 fully saturated rings. The lowest BCUT2D eigenvalue weighted by atomic mass is 10.1. The number of carbonyl (C=O) groups excluding carboxylic acids is 2. The van der Waals surface area contributed by atoms with Gasteiger partial charge in [-0.15, -0.1) is 0 Å². The SMILES string of the molecule is COCCOc1ccc(C(=O)NC(=S)NNC(=O)Cc2ccccc2)cc1Br. The maximum atomic E-state index is 12.3. The summed E-state index contributed by atoms with van der Waals surface area (Å²) in [6, 6.07) is 14.2. The quantitative estimate of drug-likeness (QED) is 0.330. The van der Waals surface area contributed by atoms with E-state index in [2.05, 4.69) is 32.1 Å². The van der Waals surface area contributed by atoms with Gasteiger partial charge in [0.2, 0.25) is 5.91 Å². The fourth-order valence-electron chi connectivity index (χ4n) is 2.15. The van der Waals surface area contributed by atoms with Crippen LogP contribution in [0.3, 0.4) is 0 Å². The molecule has 0 radical (unpaired) electrons. The number of thiocarbonyl (C=S) groups is 1. The predicted molar refractivity (Wildman–Crippen MR) is 113 cm³/mol. The Hall–Kier alpha value is -2.49. The van der Waals surface area contributed by atoms with Gasteiger partial charge in [-0.05, 0) is 51.9 Å². The topological polar surface area (TPSA) is 88.7 Å². The lowest BCUT2D eigenvalue weighted by molar-refractivity contribution is -0.121. The van der Waals surface area contributed by atoms with Gasteiger partial charge < -0.3 is 9.47 Å². The molecule has 28 heavy (non-hydrogen) atoms. The second-order valence-corrected chi connectivity index (χ2v) is 6.87. The molecule has 0 bridgehead atoms. The van der Waals surface area contributed by atoms with Crippen LogP contribution in [0.5, 0.6) is 5.75 Å². The van der Waals surface area contributed by atoms with Gasteiger partial charge >= 0.3 is 0 Å². The number of halogens is 1. The van der Waals surface area contributed by atoms with Crippen molar-refractivity contribution in [3.05, 3.63) is 64.1 Å².